The van der Waals surface area contributed by atoms with Crippen LogP contribution in [0.1, 0.15) is 26.2 Å². The van der Waals surface area contributed by atoms with Crippen LogP contribution in [-0.4, -0.2) is 33.9 Å². The summed E-state index contributed by atoms with van der Waals surface area (Å²) in [4.78, 5) is 11.2. The van der Waals surface area contributed by atoms with E-state index in [1.165, 1.54) is 11.8 Å². The van der Waals surface area contributed by atoms with E-state index in [0.29, 0.717) is 23.3 Å². The lowest BCUT2D eigenvalue weighted by atomic mass is 10.2. The molecule has 1 aromatic rings. The Hall–Kier alpha value is -1.08. The van der Waals surface area contributed by atoms with E-state index in [2.05, 4.69) is 15.5 Å². The van der Waals surface area contributed by atoms with E-state index in [4.69, 9.17) is 10.2 Å². The number of primary amides is 1. The molecule has 96 valence electrons. The first kappa shape index (κ1) is 14.0. The highest BCUT2D eigenvalue weighted by molar-refractivity contribution is 7.99. The van der Waals surface area contributed by atoms with Crippen LogP contribution in [0.5, 0.6) is 0 Å². The molecular weight excluding hydrogens is 240 g/mol. The number of nitrogens with two attached hydrogens (primary N) is 1. The zero-order chi connectivity index (χ0) is 12.8. The predicted molar refractivity (Wildman–Crippen MR) is 65.6 cm³/mol. The number of thioether (sulfide) groups is 1. The van der Waals surface area contributed by atoms with Gasteiger partial charge in [-0.25, -0.2) is 0 Å². The van der Waals surface area contributed by atoms with Gasteiger partial charge >= 0.3 is 0 Å². The van der Waals surface area contributed by atoms with Crippen molar-refractivity contribution in [1.82, 2.24) is 15.5 Å². The zero-order valence-corrected chi connectivity index (χ0v) is 11.1. The summed E-state index contributed by atoms with van der Waals surface area (Å²) in [6.45, 7) is 5.69. The standard InChI is InChI=1S/C10H18N4O2S/c1-6(2)12-8(9(11)15)4-5-17-10-14-13-7(3)16-10/h6,8,12H,4-5H2,1-3H3,(H2,11,15). The Balaban J connectivity index is 2.34. The SMILES string of the molecule is Cc1nnc(SCCC(NC(C)C)C(N)=O)o1. The second-order valence-corrected chi connectivity index (χ2v) is 5.05. The van der Waals surface area contributed by atoms with Crippen molar-refractivity contribution < 1.29 is 9.21 Å². The van der Waals surface area contributed by atoms with Crippen molar-refractivity contribution in [3.63, 3.8) is 0 Å². The first-order valence-electron chi connectivity index (χ1n) is 5.47. The van der Waals surface area contributed by atoms with E-state index in [1.807, 2.05) is 13.8 Å². The van der Waals surface area contributed by atoms with Gasteiger partial charge in [0.15, 0.2) is 0 Å². The van der Waals surface area contributed by atoms with E-state index in [1.54, 1.807) is 6.92 Å². The molecule has 1 unspecified atom stereocenters. The molecule has 0 aliphatic rings. The molecule has 0 saturated heterocycles. The van der Waals surface area contributed by atoms with Gasteiger partial charge in [0.1, 0.15) is 0 Å². The third kappa shape index (κ3) is 5.18. The van der Waals surface area contributed by atoms with Gasteiger partial charge < -0.3 is 15.5 Å². The van der Waals surface area contributed by atoms with Gasteiger partial charge in [-0.15, -0.1) is 10.2 Å². The maximum Gasteiger partial charge on any atom is 0.276 e. The van der Waals surface area contributed by atoms with Gasteiger partial charge in [-0.05, 0) is 6.42 Å². The smallest absolute Gasteiger partial charge is 0.276 e. The lowest BCUT2D eigenvalue weighted by molar-refractivity contribution is -0.120. The molecular formula is C10H18N4O2S. The largest absolute Gasteiger partial charge is 0.416 e. The third-order valence-electron chi connectivity index (χ3n) is 2.02. The summed E-state index contributed by atoms with van der Waals surface area (Å²) in [7, 11) is 0. The molecule has 7 heteroatoms. The van der Waals surface area contributed by atoms with Crippen molar-refractivity contribution >= 4 is 17.7 Å². The second kappa shape index (κ2) is 6.61. The molecule has 0 bridgehead atoms. The molecule has 0 saturated carbocycles. The number of nitrogens with one attached hydrogen (secondary N) is 1. The van der Waals surface area contributed by atoms with Gasteiger partial charge in [-0.2, -0.15) is 0 Å². The Bertz CT molecular complexity index is 367. The van der Waals surface area contributed by atoms with E-state index in [-0.39, 0.29) is 18.0 Å². The van der Waals surface area contributed by atoms with Gasteiger partial charge in [0.25, 0.3) is 5.22 Å². The monoisotopic (exact) mass is 258 g/mol. The van der Waals surface area contributed by atoms with Crippen LogP contribution in [0, 0.1) is 6.92 Å². The number of aryl methyl sites for hydroxylation is 1. The topological polar surface area (TPSA) is 94.0 Å². The van der Waals surface area contributed by atoms with Crippen LogP contribution in [-0.2, 0) is 4.79 Å². The van der Waals surface area contributed by atoms with Crippen LogP contribution in [0.3, 0.4) is 0 Å². The van der Waals surface area contributed by atoms with Crippen LogP contribution in [0.25, 0.3) is 0 Å². The van der Waals surface area contributed by atoms with Crippen LogP contribution in [0.2, 0.25) is 0 Å². The molecule has 0 spiro atoms. The molecule has 1 aromatic heterocycles. The zero-order valence-electron chi connectivity index (χ0n) is 10.3. The van der Waals surface area contributed by atoms with Crippen molar-refractivity contribution in [2.75, 3.05) is 5.75 Å². The fourth-order valence-electron chi connectivity index (χ4n) is 1.31. The molecule has 1 rings (SSSR count). The summed E-state index contributed by atoms with van der Waals surface area (Å²) in [6.07, 6.45) is 0.638. The number of rotatable bonds is 7. The predicted octanol–water partition coefficient (Wildman–Crippen LogP) is 0.712. The number of aromatic nitrogens is 2. The Morgan fingerprint density at radius 2 is 2.24 bits per heavy atom. The van der Waals surface area contributed by atoms with Crippen molar-refractivity contribution in [2.24, 2.45) is 5.73 Å². The molecule has 1 heterocycles. The molecule has 0 aliphatic heterocycles. The summed E-state index contributed by atoms with van der Waals surface area (Å²) in [6, 6.07) is -0.0883. The highest BCUT2D eigenvalue weighted by Gasteiger charge is 2.16. The minimum atomic E-state index is -0.332. The summed E-state index contributed by atoms with van der Waals surface area (Å²) in [5, 5.41) is 11.2. The van der Waals surface area contributed by atoms with Crippen molar-refractivity contribution in [3.05, 3.63) is 5.89 Å². The summed E-state index contributed by atoms with van der Waals surface area (Å²) >= 11 is 1.43. The highest BCUT2D eigenvalue weighted by Crippen LogP contribution is 2.17. The van der Waals surface area contributed by atoms with Gasteiger partial charge in [0.05, 0.1) is 6.04 Å². The molecule has 6 nitrogen and oxygen atoms in total. The lowest BCUT2D eigenvalue weighted by Crippen LogP contribution is -2.44. The van der Waals surface area contributed by atoms with Crippen molar-refractivity contribution in [1.29, 1.82) is 0 Å². The number of hydrogen-bond acceptors (Lipinski definition) is 6. The normalized spacial score (nSPS) is 12.9. The third-order valence-corrected chi connectivity index (χ3v) is 2.87. The highest BCUT2D eigenvalue weighted by atomic mass is 32.2. The average Bonchev–Trinajstić information content (AvgIpc) is 2.62. The van der Waals surface area contributed by atoms with Crippen molar-refractivity contribution in [2.45, 2.75) is 44.5 Å². The van der Waals surface area contributed by atoms with E-state index in [0.717, 1.165) is 0 Å². The molecule has 0 radical (unpaired) electrons. The number of nitrogens with zero attached hydrogens (tertiary/aromatic N) is 2. The maximum absolute atomic E-state index is 11.2. The van der Waals surface area contributed by atoms with Gasteiger partial charge in [0, 0.05) is 18.7 Å². The fraction of sp³-hybridized carbons (Fsp3) is 0.700. The van der Waals surface area contributed by atoms with E-state index < -0.39 is 0 Å². The molecule has 3 N–H and O–H groups in total. The summed E-state index contributed by atoms with van der Waals surface area (Å²) in [5.74, 6) is 0.912. The van der Waals surface area contributed by atoms with Crippen LogP contribution >= 0.6 is 11.8 Å². The average molecular weight is 258 g/mol. The Labute approximate surface area is 105 Å². The Morgan fingerprint density at radius 3 is 2.71 bits per heavy atom. The molecule has 0 aromatic carbocycles. The maximum atomic E-state index is 11.2. The summed E-state index contributed by atoms with van der Waals surface area (Å²) < 4.78 is 5.21. The molecule has 1 atom stereocenters. The molecule has 0 aliphatic carbocycles. The Kier molecular flexibility index (Phi) is 5.43. The van der Waals surface area contributed by atoms with Crippen LogP contribution in [0.15, 0.2) is 9.64 Å². The van der Waals surface area contributed by atoms with Crippen LogP contribution in [0.4, 0.5) is 0 Å². The first-order chi connectivity index (χ1) is 7.99. The quantitative estimate of drug-likeness (QED) is 0.700. The molecule has 0 fully saturated rings. The Morgan fingerprint density at radius 1 is 1.53 bits per heavy atom. The number of carbonyl (C=O) groups excluding carboxylic acids is 1. The molecule has 1 amide bonds. The molecule has 17 heavy (non-hydrogen) atoms. The number of amides is 1. The first-order valence-corrected chi connectivity index (χ1v) is 6.46. The minimum Gasteiger partial charge on any atom is -0.416 e. The number of carbonyl (C=O) groups is 1. The van der Waals surface area contributed by atoms with E-state index in [9.17, 15) is 4.79 Å². The van der Waals surface area contributed by atoms with Crippen LogP contribution < -0.4 is 11.1 Å². The number of hydrogen-bond donors (Lipinski definition) is 2. The van der Waals surface area contributed by atoms with Crippen molar-refractivity contribution in [3.8, 4) is 0 Å². The second-order valence-electron chi connectivity index (χ2n) is 4.00. The van der Waals surface area contributed by atoms with Gasteiger partial charge in [-0.1, -0.05) is 25.6 Å². The summed E-state index contributed by atoms with van der Waals surface area (Å²) in [5.41, 5.74) is 5.31. The van der Waals surface area contributed by atoms with Gasteiger partial charge in [-0.3, -0.25) is 4.79 Å². The van der Waals surface area contributed by atoms with Gasteiger partial charge in [0.2, 0.25) is 11.8 Å². The fourth-order valence-corrected chi connectivity index (χ4v) is 2.12. The van der Waals surface area contributed by atoms with E-state index >= 15 is 0 Å². The lowest BCUT2D eigenvalue weighted by Gasteiger charge is -2.17. The minimum absolute atomic E-state index is 0.225.